The first-order chi connectivity index (χ1) is 15.6. The van der Waals surface area contributed by atoms with Crippen molar-refractivity contribution in [3.8, 4) is 17.2 Å². The lowest BCUT2D eigenvalue weighted by Gasteiger charge is -2.41. The Labute approximate surface area is 187 Å². The van der Waals surface area contributed by atoms with E-state index < -0.39 is 5.91 Å². The second-order valence-corrected chi connectivity index (χ2v) is 8.32. The minimum atomic E-state index is -0.495. The summed E-state index contributed by atoms with van der Waals surface area (Å²) in [7, 11) is 0. The highest BCUT2D eigenvalue weighted by Gasteiger charge is 2.36. The van der Waals surface area contributed by atoms with Crippen molar-refractivity contribution < 1.29 is 9.53 Å². The molecule has 3 heterocycles. The van der Waals surface area contributed by atoms with Gasteiger partial charge in [0.15, 0.2) is 5.69 Å². The van der Waals surface area contributed by atoms with E-state index in [2.05, 4.69) is 22.5 Å². The van der Waals surface area contributed by atoms with Crippen LogP contribution in [0.4, 0.5) is 5.69 Å². The number of piperazine rings is 1. The molecule has 0 unspecified atom stereocenters. The summed E-state index contributed by atoms with van der Waals surface area (Å²) in [6.45, 7) is 5.87. The molecule has 32 heavy (non-hydrogen) atoms. The van der Waals surface area contributed by atoms with Gasteiger partial charge in [-0.3, -0.25) is 9.69 Å². The van der Waals surface area contributed by atoms with Gasteiger partial charge in [0, 0.05) is 32.2 Å². The van der Waals surface area contributed by atoms with Crippen LogP contribution in [0.25, 0.3) is 5.69 Å². The van der Waals surface area contributed by atoms with Gasteiger partial charge in [0.2, 0.25) is 0 Å². The Morgan fingerprint density at radius 3 is 2.56 bits per heavy atom. The van der Waals surface area contributed by atoms with E-state index in [-0.39, 0.29) is 6.04 Å². The Hall–Kier alpha value is -3.36. The summed E-state index contributed by atoms with van der Waals surface area (Å²) in [4.78, 5) is 14.9. The summed E-state index contributed by atoms with van der Waals surface area (Å²) in [5, 5.41) is 11.7. The lowest BCUT2D eigenvalue weighted by atomic mass is 9.99. The molecule has 8 nitrogen and oxygen atoms in total. The molecule has 0 bridgehead atoms. The molecular formula is C24H28N6O2. The average Bonchev–Trinajstić information content (AvgIpc) is 3.21. The van der Waals surface area contributed by atoms with Gasteiger partial charge in [-0.2, -0.15) is 5.10 Å². The van der Waals surface area contributed by atoms with Gasteiger partial charge in [-0.1, -0.05) is 18.2 Å². The summed E-state index contributed by atoms with van der Waals surface area (Å²) in [6.07, 6.45) is 0.941. The molecule has 166 valence electrons. The van der Waals surface area contributed by atoms with Crippen molar-refractivity contribution >= 4 is 11.6 Å². The molecule has 8 heteroatoms. The predicted molar refractivity (Wildman–Crippen MR) is 123 cm³/mol. The number of carbonyl (C=O) groups is 1. The van der Waals surface area contributed by atoms with Crippen molar-refractivity contribution in [2.75, 3.05) is 31.5 Å². The van der Waals surface area contributed by atoms with E-state index in [1.54, 1.807) is 4.68 Å². The molecule has 5 rings (SSSR count). The highest BCUT2D eigenvalue weighted by Crippen LogP contribution is 2.38. The summed E-state index contributed by atoms with van der Waals surface area (Å²) < 4.78 is 7.55. The van der Waals surface area contributed by atoms with Crippen molar-refractivity contribution in [2.24, 2.45) is 5.73 Å². The largest absolute Gasteiger partial charge is 0.457 e. The smallest absolute Gasteiger partial charge is 0.269 e. The van der Waals surface area contributed by atoms with Gasteiger partial charge in [-0.15, -0.1) is 0 Å². The number of hydrogen-bond donors (Lipinski definition) is 3. The summed E-state index contributed by atoms with van der Waals surface area (Å²) >= 11 is 0. The molecule has 1 saturated heterocycles. The first kappa shape index (κ1) is 20.5. The van der Waals surface area contributed by atoms with E-state index in [1.807, 2.05) is 54.6 Å². The number of nitrogens with two attached hydrogens (primary N) is 1. The highest BCUT2D eigenvalue weighted by atomic mass is 16.5. The number of nitrogens with zero attached hydrogens (tertiary/aromatic N) is 3. The molecule has 2 aliphatic heterocycles. The van der Waals surface area contributed by atoms with E-state index in [0.29, 0.717) is 17.5 Å². The van der Waals surface area contributed by atoms with Gasteiger partial charge in [0.1, 0.15) is 17.2 Å². The van der Waals surface area contributed by atoms with Gasteiger partial charge >= 0.3 is 0 Å². The van der Waals surface area contributed by atoms with Crippen LogP contribution in [0.2, 0.25) is 0 Å². The van der Waals surface area contributed by atoms with Crippen LogP contribution in [0.1, 0.15) is 35.6 Å². The number of benzene rings is 2. The molecule has 1 fully saturated rings. The third-order valence-electron chi connectivity index (χ3n) is 6.19. The Bertz CT molecular complexity index is 1100. The number of aromatic nitrogens is 2. The molecule has 0 radical (unpaired) electrons. The van der Waals surface area contributed by atoms with Crippen LogP contribution in [0.15, 0.2) is 54.6 Å². The van der Waals surface area contributed by atoms with Crippen molar-refractivity contribution in [1.29, 1.82) is 0 Å². The van der Waals surface area contributed by atoms with E-state index >= 15 is 0 Å². The van der Waals surface area contributed by atoms with Crippen molar-refractivity contribution in [3.63, 3.8) is 0 Å². The van der Waals surface area contributed by atoms with Crippen LogP contribution in [0.3, 0.4) is 0 Å². The maximum atomic E-state index is 12.5. The standard InChI is InChI=1S/C24H28N6O2/c1-16-15-26-13-14-29(16)20-11-12-27-22-21(20)28-30(23(22)24(25)31)17-7-9-19(10-8-17)32-18-5-3-2-4-6-18/h2-10,16,20,26-27H,11-15H2,1H3,(H2,25,31)/t16-,20+/m0/s1. The fraction of sp³-hybridized carbons (Fsp3) is 0.333. The molecule has 4 N–H and O–H groups in total. The minimum absolute atomic E-state index is 0.156. The van der Waals surface area contributed by atoms with Crippen LogP contribution in [0.5, 0.6) is 11.5 Å². The zero-order chi connectivity index (χ0) is 22.1. The monoisotopic (exact) mass is 432 g/mol. The zero-order valence-electron chi connectivity index (χ0n) is 18.1. The molecule has 2 aromatic carbocycles. The van der Waals surface area contributed by atoms with Gasteiger partial charge in [-0.25, -0.2) is 4.68 Å². The van der Waals surface area contributed by atoms with Crippen molar-refractivity contribution in [2.45, 2.75) is 25.4 Å². The van der Waals surface area contributed by atoms with Gasteiger partial charge in [0.05, 0.1) is 17.4 Å². The molecular weight excluding hydrogens is 404 g/mol. The fourth-order valence-corrected chi connectivity index (χ4v) is 4.65. The van der Waals surface area contributed by atoms with E-state index in [0.717, 1.165) is 55.4 Å². The summed E-state index contributed by atoms with van der Waals surface area (Å²) in [6, 6.07) is 17.7. The number of primary amides is 1. The molecule has 3 aromatic rings. The number of carbonyl (C=O) groups excluding carboxylic acids is 1. The average molecular weight is 433 g/mol. The Morgan fingerprint density at radius 2 is 1.84 bits per heavy atom. The van der Waals surface area contributed by atoms with Crippen molar-refractivity contribution in [3.05, 3.63) is 66.0 Å². The number of para-hydroxylation sites is 1. The van der Waals surface area contributed by atoms with Crippen molar-refractivity contribution in [1.82, 2.24) is 20.0 Å². The first-order valence-electron chi connectivity index (χ1n) is 11.1. The Morgan fingerprint density at radius 1 is 1.09 bits per heavy atom. The normalized spacial score (nSPS) is 20.9. The first-order valence-corrected chi connectivity index (χ1v) is 11.1. The molecule has 0 aliphatic carbocycles. The lowest BCUT2D eigenvalue weighted by molar-refractivity contribution is 0.0993. The van der Waals surface area contributed by atoms with Gasteiger partial charge in [0.25, 0.3) is 5.91 Å². The number of anilines is 1. The summed E-state index contributed by atoms with van der Waals surface area (Å²) in [5.41, 5.74) is 8.62. The van der Waals surface area contributed by atoms with E-state index in [4.69, 9.17) is 15.6 Å². The highest BCUT2D eigenvalue weighted by molar-refractivity contribution is 5.98. The Balaban J connectivity index is 1.48. The third-order valence-corrected chi connectivity index (χ3v) is 6.19. The number of amides is 1. The quantitative estimate of drug-likeness (QED) is 0.574. The van der Waals surface area contributed by atoms with Crippen LogP contribution in [0, 0.1) is 0 Å². The number of fused-ring (bicyclic) bond motifs is 1. The minimum Gasteiger partial charge on any atom is -0.457 e. The number of rotatable bonds is 5. The van der Waals surface area contributed by atoms with Crippen LogP contribution < -0.4 is 21.1 Å². The van der Waals surface area contributed by atoms with Gasteiger partial charge < -0.3 is 21.1 Å². The van der Waals surface area contributed by atoms with Gasteiger partial charge in [-0.05, 0) is 49.7 Å². The summed E-state index contributed by atoms with van der Waals surface area (Å²) in [5.74, 6) is 0.984. The lowest BCUT2D eigenvalue weighted by Crippen LogP contribution is -2.51. The molecule has 0 saturated carbocycles. The number of hydrogen-bond acceptors (Lipinski definition) is 6. The molecule has 0 spiro atoms. The maximum Gasteiger partial charge on any atom is 0.269 e. The van der Waals surface area contributed by atoms with Crippen LogP contribution in [-0.4, -0.2) is 52.8 Å². The molecule has 2 atom stereocenters. The molecule has 1 aromatic heterocycles. The zero-order valence-corrected chi connectivity index (χ0v) is 18.1. The molecule has 2 aliphatic rings. The van der Waals surface area contributed by atoms with E-state index in [9.17, 15) is 4.79 Å². The Kier molecular flexibility index (Phi) is 5.55. The second kappa shape index (κ2) is 8.64. The number of ether oxygens (including phenoxy) is 1. The SMILES string of the molecule is C[C@H]1CNCCN1[C@@H]1CCNc2c1nn(-c1ccc(Oc3ccccc3)cc1)c2C(N)=O. The van der Waals surface area contributed by atoms with E-state index in [1.165, 1.54) is 0 Å². The predicted octanol–water partition coefficient (Wildman–Crippen LogP) is 2.91. The van der Waals surface area contributed by atoms with Crippen LogP contribution >= 0.6 is 0 Å². The third kappa shape index (κ3) is 3.83. The maximum absolute atomic E-state index is 12.5. The topological polar surface area (TPSA) is 97.4 Å². The second-order valence-electron chi connectivity index (χ2n) is 8.32. The number of nitrogens with one attached hydrogen (secondary N) is 2. The molecule has 1 amide bonds. The fourth-order valence-electron chi connectivity index (χ4n) is 4.65. The van der Waals surface area contributed by atoms with Crippen LogP contribution in [-0.2, 0) is 0 Å².